The first-order valence-electron chi connectivity index (χ1n) is 12.1. The molecule has 1 aromatic carbocycles. The van der Waals surface area contributed by atoms with E-state index in [-0.39, 0.29) is 42.2 Å². The summed E-state index contributed by atoms with van der Waals surface area (Å²) in [5.74, 6) is 0.984. The molecule has 0 radical (unpaired) electrons. The van der Waals surface area contributed by atoms with Crippen LogP contribution in [0.1, 0.15) is 56.0 Å². The van der Waals surface area contributed by atoms with Crippen LogP contribution >= 0.6 is 0 Å². The Morgan fingerprint density at radius 1 is 1.03 bits per heavy atom. The Balaban J connectivity index is 1.46. The van der Waals surface area contributed by atoms with Crippen LogP contribution in [0.5, 0.6) is 5.75 Å². The van der Waals surface area contributed by atoms with E-state index in [9.17, 15) is 14.4 Å². The van der Waals surface area contributed by atoms with Crippen molar-refractivity contribution in [3.63, 3.8) is 0 Å². The number of hydrogen-bond donors (Lipinski definition) is 0. The first-order valence-corrected chi connectivity index (χ1v) is 12.1. The number of fused-ring (bicyclic) bond motifs is 1. The predicted molar refractivity (Wildman–Crippen MR) is 130 cm³/mol. The van der Waals surface area contributed by atoms with Gasteiger partial charge >= 0.3 is 6.09 Å². The van der Waals surface area contributed by atoms with Crippen LogP contribution < -0.4 is 9.64 Å². The molecule has 3 amide bonds. The molecule has 0 bridgehead atoms. The smallest absolute Gasteiger partial charge is 0.409 e. The zero-order valence-corrected chi connectivity index (χ0v) is 20.8. The molecule has 0 N–H and O–H groups in total. The molecule has 0 unspecified atom stereocenters. The molecule has 2 aliphatic heterocycles. The number of amides is 3. The fourth-order valence-corrected chi connectivity index (χ4v) is 4.20. The molecule has 1 fully saturated rings. The zero-order valence-electron chi connectivity index (χ0n) is 20.8. The maximum Gasteiger partial charge on any atom is 0.409 e. The third-order valence-electron chi connectivity index (χ3n) is 6.85. The van der Waals surface area contributed by atoms with E-state index >= 15 is 0 Å². The summed E-state index contributed by atoms with van der Waals surface area (Å²) in [6.45, 7) is 10.3. The summed E-state index contributed by atoms with van der Waals surface area (Å²) in [5.41, 5.74) is 1.79. The number of ether oxygens (including phenoxy) is 2. The molecular formula is C26H33N3O6. The van der Waals surface area contributed by atoms with Gasteiger partial charge in [0.2, 0.25) is 0 Å². The van der Waals surface area contributed by atoms with Crippen molar-refractivity contribution in [1.82, 2.24) is 9.80 Å². The van der Waals surface area contributed by atoms with Crippen molar-refractivity contribution in [2.45, 2.75) is 46.1 Å². The third kappa shape index (κ3) is 5.13. The van der Waals surface area contributed by atoms with Gasteiger partial charge in [-0.1, -0.05) is 26.8 Å². The lowest BCUT2D eigenvalue weighted by molar-refractivity contribution is -0.121. The van der Waals surface area contributed by atoms with Crippen molar-refractivity contribution in [3.05, 3.63) is 47.4 Å². The first-order chi connectivity index (χ1) is 16.7. The summed E-state index contributed by atoms with van der Waals surface area (Å²) in [7, 11) is 0. The summed E-state index contributed by atoms with van der Waals surface area (Å²) in [6.07, 6.45) is 0.596. The van der Waals surface area contributed by atoms with Crippen molar-refractivity contribution in [1.29, 1.82) is 0 Å². The number of furan rings is 1. The summed E-state index contributed by atoms with van der Waals surface area (Å²) < 4.78 is 16.5. The molecule has 1 aromatic heterocycles. The largest absolute Gasteiger partial charge is 0.482 e. The quantitative estimate of drug-likeness (QED) is 0.621. The lowest BCUT2D eigenvalue weighted by Gasteiger charge is -2.33. The Hall–Kier alpha value is -3.49. The van der Waals surface area contributed by atoms with Gasteiger partial charge in [-0.15, -0.1) is 0 Å². The number of rotatable bonds is 6. The Labute approximate surface area is 205 Å². The van der Waals surface area contributed by atoms with E-state index in [2.05, 4.69) is 20.8 Å². The Morgan fingerprint density at radius 3 is 2.43 bits per heavy atom. The van der Waals surface area contributed by atoms with E-state index in [0.717, 1.165) is 12.0 Å². The van der Waals surface area contributed by atoms with Gasteiger partial charge in [-0.3, -0.25) is 14.5 Å². The minimum absolute atomic E-state index is 0.0389. The van der Waals surface area contributed by atoms with Crippen molar-refractivity contribution >= 4 is 23.6 Å². The van der Waals surface area contributed by atoms with Crippen LogP contribution in [-0.4, -0.2) is 67.1 Å². The lowest BCUT2D eigenvalue weighted by atomic mass is 9.82. The number of anilines is 1. The molecular weight excluding hydrogens is 450 g/mol. The second-order valence-electron chi connectivity index (χ2n) is 9.43. The van der Waals surface area contributed by atoms with Gasteiger partial charge < -0.3 is 23.7 Å². The molecule has 0 atom stereocenters. The van der Waals surface area contributed by atoms with Gasteiger partial charge in [0.1, 0.15) is 11.5 Å². The average Bonchev–Trinajstić information content (AvgIpc) is 3.34. The fraction of sp³-hybridized carbons (Fsp3) is 0.500. The van der Waals surface area contributed by atoms with E-state index in [1.54, 1.807) is 33.8 Å². The van der Waals surface area contributed by atoms with Gasteiger partial charge in [-0.2, -0.15) is 0 Å². The Morgan fingerprint density at radius 2 is 1.74 bits per heavy atom. The van der Waals surface area contributed by atoms with Crippen molar-refractivity contribution in [2.75, 3.05) is 44.3 Å². The highest BCUT2D eigenvalue weighted by molar-refractivity contribution is 5.98. The number of carbonyl (C=O) groups is 3. The van der Waals surface area contributed by atoms with Gasteiger partial charge in [0.15, 0.2) is 12.4 Å². The highest BCUT2D eigenvalue weighted by Gasteiger charge is 2.30. The normalized spacial score (nSPS) is 16.1. The maximum atomic E-state index is 13.0. The fourth-order valence-electron chi connectivity index (χ4n) is 4.20. The number of piperazine rings is 1. The molecule has 9 heteroatoms. The minimum Gasteiger partial charge on any atom is -0.482 e. The van der Waals surface area contributed by atoms with E-state index in [1.807, 2.05) is 18.2 Å². The molecule has 0 spiro atoms. The van der Waals surface area contributed by atoms with Gasteiger partial charge in [-0.05, 0) is 48.6 Å². The number of hydrogen-bond acceptors (Lipinski definition) is 6. The predicted octanol–water partition coefficient (Wildman–Crippen LogP) is 3.81. The van der Waals surface area contributed by atoms with E-state index in [0.29, 0.717) is 50.0 Å². The monoisotopic (exact) mass is 483 g/mol. The summed E-state index contributed by atoms with van der Waals surface area (Å²) >= 11 is 0. The van der Waals surface area contributed by atoms with Crippen LogP contribution in [0.15, 0.2) is 34.7 Å². The van der Waals surface area contributed by atoms with Gasteiger partial charge in [0, 0.05) is 26.2 Å². The van der Waals surface area contributed by atoms with Gasteiger partial charge in [-0.25, -0.2) is 4.79 Å². The van der Waals surface area contributed by atoms with E-state index in [4.69, 9.17) is 13.9 Å². The minimum atomic E-state index is -0.360. The SMILES string of the molecule is CCOC(=O)N1CCN(C(=O)c2ccc(CN3C(=O)COc4ccc(C(C)(C)CC)cc43)o2)CC1. The van der Waals surface area contributed by atoms with Crippen LogP contribution in [0.2, 0.25) is 0 Å². The van der Waals surface area contributed by atoms with Crippen molar-refractivity contribution < 1.29 is 28.3 Å². The van der Waals surface area contributed by atoms with Crippen molar-refractivity contribution in [3.8, 4) is 5.75 Å². The van der Waals surface area contributed by atoms with Crippen LogP contribution in [0, 0.1) is 0 Å². The second-order valence-corrected chi connectivity index (χ2v) is 9.43. The second kappa shape index (κ2) is 10.0. The third-order valence-corrected chi connectivity index (χ3v) is 6.85. The number of carbonyl (C=O) groups excluding carboxylic acids is 3. The first kappa shape index (κ1) is 24.6. The molecule has 3 heterocycles. The maximum absolute atomic E-state index is 13.0. The highest BCUT2D eigenvalue weighted by atomic mass is 16.6. The van der Waals surface area contributed by atoms with E-state index in [1.165, 1.54) is 0 Å². The molecule has 35 heavy (non-hydrogen) atoms. The van der Waals surface area contributed by atoms with Crippen molar-refractivity contribution in [2.24, 2.45) is 0 Å². The van der Waals surface area contributed by atoms with E-state index < -0.39 is 0 Å². The lowest BCUT2D eigenvalue weighted by Crippen LogP contribution is -2.50. The van der Waals surface area contributed by atoms with Gasteiger partial charge in [0.05, 0.1) is 18.8 Å². The van der Waals surface area contributed by atoms with Crippen LogP contribution in [-0.2, 0) is 21.5 Å². The Bertz CT molecular complexity index is 1100. The summed E-state index contributed by atoms with van der Waals surface area (Å²) in [5, 5.41) is 0. The molecule has 2 aromatic rings. The molecule has 9 nitrogen and oxygen atoms in total. The summed E-state index contributed by atoms with van der Waals surface area (Å²) in [4.78, 5) is 42.5. The molecule has 0 aliphatic carbocycles. The highest BCUT2D eigenvalue weighted by Crippen LogP contribution is 2.38. The number of benzene rings is 1. The molecule has 188 valence electrons. The van der Waals surface area contributed by atoms with Crippen LogP contribution in [0.3, 0.4) is 0 Å². The van der Waals surface area contributed by atoms with Gasteiger partial charge in [0.25, 0.3) is 11.8 Å². The molecule has 0 saturated carbocycles. The topological polar surface area (TPSA) is 92.5 Å². The molecule has 2 aliphatic rings. The Kier molecular flexibility index (Phi) is 7.05. The molecule has 4 rings (SSSR count). The number of nitrogens with zero attached hydrogens (tertiary/aromatic N) is 3. The standard InChI is InChI=1S/C26H33N3O6/c1-5-26(3,4)18-7-9-21-20(15-18)29(23(30)17-34-21)16-19-8-10-22(35-19)24(31)27-11-13-28(14-12-27)25(32)33-6-2/h7-10,15H,5-6,11-14,16-17H2,1-4H3. The average molecular weight is 484 g/mol. The zero-order chi connectivity index (χ0) is 25.2. The van der Waals surface area contributed by atoms with Crippen LogP contribution in [0.25, 0.3) is 0 Å². The summed E-state index contributed by atoms with van der Waals surface area (Å²) in [6, 6.07) is 9.33. The molecule has 1 saturated heterocycles. The van der Waals surface area contributed by atoms with Crippen LogP contribution in [0.4, 0.5) is 10.5 Å².